The number of carbonyl (C=O) groups excluding carboxylic acids is 2. The molecule has 0 aromatic heterocycles. The highest BCUT2D eigenvalue weighted by Gasteiger charge is 2.36. The number of nitriles is 1. The Morgan fingerprint density at radius 3 is 2.49 bits per heavy atom. The minimum Gasteiger partial charge on any atom is -0.497 e. The Labute approximate surface area is 220 Å². The maximum absolute atomic E-state index is 13.4. The SMILES string of the molecule is COc1ccc(NC(=O)CC(=O)N2N=C(N(CCC#N)c3ccccc3Cl)C[C@@H]2c2ccccc2)cc1. The molecule has 0 saturated carbocycles. The Morgan fingerprint density at radius 1 is 1.11 bits per heavy atom. The molecule has 188 valence electrons. The van der Waals surface area contributed by atoms with E-state index in [0.29, 0.717) is 40.9 Å². The monoisotopic (exact) mass is 515 g/mol. The first kappa shape index (κ1) is 25.7. The number of para-hydroxylation sites is 1. The molecule has 0 bridgehead atoms. The normalized spacial score (nSPS) is 14.5. The second kappa shape index (κ2) is 12.1. The number of rotatable bonds is 8. The summed E-state index contributed by atoms with van der Waals surface area (Å²) < 4.78 is 5.13. The fraction of sp³-hybridized carbons (Fsp3) is 0.214. The number of anilines is 2. The third-order valence-electron chi connectivity index (χ3n) is 5.92. The van der Waals surface area contributed by atoms with Crippen molar-refractivity contribution in [1.29, 1.82) is 5.26 Å². The number of benzene rings is 3. The number of ether oxygens (including phenoxy) is 1. The van der Waals surface area contributed by atoms with Crippen molar-refractivity contribution in [3.05, 3.63) is 89.4 Å². The summed E-state index contributed by atoms with van der Waals surface area (Å²) in [5.74, 6) is 0.381. The molecule has 0 saturated heterocycles. The zero-order valence-corrected chi connectivity index (χ0v) is 21.1. The molecular formula is C28H26ClN5O3. The quantitative estimate of drug-likeness (QED) is 0.406. The Hall–Kier alpha value is -4.35. The summed E-state index contributed by atoms with van der Waals surface area (Å²) in [5.41, 5.74) is 2.16. The minimum absolute atomic E-state index is 0.248. The van der Waals surface area contributed by atoms with Crippen molar-refractivity contribution in [3.8, 4) is 11.8 Å². The molecule has 1 heterocycles. The lowest BCUT2D eigenvalue weighted by Crippen LogP contribution is -2.31. The first-order chi connectivity index (χ1) is 18.0. The van der Waals surface area contributed by atoms with Crippen LogP contribution in [0.4, 0.5) is 11.4 Å². The van der Waals surface area contributed by atoms with Gasteiger partial charge in [-0.3, -0.25) is 9.59 Å². The summed E-state index contributed by atoms with van der Waals surface area (Å²) in [7, 11) is 1.56. The van der Waals surface area contributed by atoms with Crippen LogP contribution in [0.5, 0.6) is 5.75 Å². The van der Waals surface area contributed by atoms with Gasteiger partial charge >= 0.3 is 0 Å². The van der Waals surface area contributed by atoms with Crippen LogP contribution in [0.3, 0.4) is 0 Å². The van der Waals surface area contributed by atoms with E-state index in [1.807, 2.05) is 53.4 Å². The fourth-order valence-corrected chi connectivity index (χ4v) is 4.38. The number of amides is 2. The van der Waals surface area contributed by atoms with Gasteiger partial charge in [0.05, 0.1) is 36.4 Å². The van der Waals surface area contributed by atoms with E-state index in [1.54, 1.807) is 37.4 Å². The maximum atomic E-state index is 13.4. The van der Waals surface area contributed by atoms with Gasteiger partial charge in [-0.2, -0.15) is 10.4 Å². The molecule has 8 nitrogen and oxygen atoms in total. The van der Waals surface area contributed by atoms with Crippen LogP contribution in [0.1, 0.15) is 30.9 Å². The lowest BCUT2D eigenvalue weighted by Gasteiger charge is -2.24. The largest absolute Gasteiger partial charge is 0.497 e. The Bertz CT molecular complexity index is 1320. The molecule has 4 rings (SSSR count). The van der Waals surface area contributed by atoms with Crippen LogP contribution < -0.4 is 15.0 Å². The number of hydrazone groups is 1. The number of methoxy groups -OCH3 is 1. The van der Waals surface area contributed by atoms with Crippen molar-refractivity contribution in [3.63, 3.8) is 0 Å². The summed E-state index contributed by atoms with van der Waals surface area (Å²) in [5, 5.41) is 18.5. The lowest BCUT2D eigenvalue weighted by atomic mass is 10.0. The molecule has 0 aliphatic carbocycles. The Kier molecular flexibility index (Phi) is 8.39. The van der Waals surface area contributed by atoms with Crippen molar-refractivity contribution < 1.29 is 14.3 Å². The first-order valence-corrected chi connectivity index (χ1v) is 12.2. The number of nitrogens with one attached hydrogen (secondary N) is 1. The molecule has 37 heavy (non-hydrogen) atoms. The summed E-state index contributed by atoms with van der Waals surface area (Å²) in [6, 6.07) is 25.5. The van der Waals surface area contributed by atoms with Crippen molar-refractivity contribution in [2.24, 2.45) is 5.10 Å². The van der Waals surface area contributed by atoms with Gasteiger partial charge in [-0.15, -0.1) is 0 Å². The van der Waals surface area contributed by atoms with E-state index >= 15 is 0 Å². The van der Waals surface area contributed by atoms with Gasteiger partial charge in [0.15, 0.2) is 0 Å². The third-order valence-corrected chi connectivity index (χ3v) is 6.24. The summed E-state index contributed by atoms with van der Waals surface area (Å²) in [4.78, 5) is 27.9. The average molecular weight is 516 g/mol. The molecule has 1 N–H and O–H groups in total. The van der Waals surface area contributed by atoms with Gasteiger partial charge in [-0.05, 0) is 42.0 Å². The topological polar surface area (TPSA) is 98.0 Å². The molecule has 0 spiro atoms. The van der Waals surface area contributed by atoms with E-state index in [-0.39, 0.29) is 12.8 Å². The van der Waals surface area contributed by atoms with E-state index < -0.39 is 17.9 Å². The van der Waals surface area contributed by atoms with E-state index in [9.17, 15) is 14.9 Å². The Morgan fingerprint density at radius 2 is 1.81 bits per heavy atom. The smallest absolute Gasteiger partial charge is 0.252 e. The van der Waals surface area contributed by atoms with Crippen LogP contribution in [0, 0.1) is 11.3 Å². The van der Waals surface area contributed by atoms with Crippen LogP contribution in [-0.4, -0.2) is 36.3 Å². The minimum atomic E-state index is -0.446. The predicted octanol–water partition coefficient (Wildman–Crippen LogP) is 5.38. The molecule has 0 radical (unpaired) electrons. The lowest BCUT2D eigenvalue weighted by molar-refractivity contribution is -0.136. The summed E-state index contributed by atoms with van der Waals surface area (Å²) >= 11 is 6.47. The predicted molar refractivity (Wildman–Crippen MR) is 143 cm³/mol. The molecular weight excluding hydrogens is 490 g/mol. The van der Waals surface area contributed by atoms with Gasteiger partial charge < -0.3 is 15.0 Å². The molecule has 9 heteroatoms. The van der Waals surface area contributed by atoms with Crippen molar-refractivity contribution in [2.75, 3.05) is 23.9 Å². The average Bonchev–Trinajstić information content (AvgIpc) is 3.36. The molecule has 2 amide bonds. The molecule has 1 atom stereocenters. The maximum Gasteiger partial charge on any atom is 0.252 e. The molecule has 1 aliphatic heterocycles. The second-order valence-electron chi connectivity index (χ2n) is 8.35. The third kappa shape index (κ3) is 6.26. The summed E-state index contributed by atoms with van der Waals surface area (Å²) in [6.07, 6.45) is 0.279. The van der Waals surface area contributed by atoms with Crippen LogP contribution >= 0.6 is 11.6 Å². The standard InChI is InChI=1S/C28H26ClN5O3/c1-37-22-14-12-21(13-15-22)31-27(35)19-28(36)34-25(20-8-3-2-4-9-20)18-26(32-34)33(17-7-16-30)24-11-6-5-10-23(24)29/h2-6,8-15,25H,7,17-19H2,1H3,(H,31,35)/t25-/m1/s1. The van der Waals surface area contributed by atoms with E-state index in [1.165, 1.54) is 5.01 Å². The van der Waals surface area contributed by atoms with E-state index in [2.05, 4.69) is 16.5 Å². The second-order valence-corrected chi connectivity index (χ2v) is 8.76. The number of hydrogen-bond donors (Lipinski definition) is 1. The zero-order chi connectivity index (χ0) is 26.2. The highest BCUT2D eigenvalue weighted by molar-refractivity contribution is 6.34. The van der Waals surface area contributed by atoms with Gasteiger partial charge in [0.25, 0.3) is 5.91 Å². The van der Waals surface area contributed by atoms with Gasteiger partial charge in [0, 0.05) is 18.7 Å². The van der Waals surface area contributed by atoms with Crippen LogP contribution in [0.15, 0.2) is 84.0 Å². The fourth-order valence-electron chi connectivity index (χ4n) is 4.14. The first-order valence-electron chi connectivity index (χ1n) is 11.8. The summed E-state index contributed by atoms with van der Waals surface area (Å²) in [6.45, 7) is 0.362. The number of halogens is 1. The molecule has 0 unspecified atom stereocenters. The van der Waals surface area contributed by atoms with Gasteiger partial charge in [0.1, 0.15) is 18.0 Å². The van der Waals surface area contributed by atoms with Gasteiger partial charge in [-0.1, -0.05) is 54.1 Å². The van der Waals surface area contributed by atoms with Crippen LogP contribution in [0.2, 0.25) is 5.02 Å². The zero-order valence-electron chi connectivity index (χ0n) is 20.3. The van der Waals surface area contributed by atoms with Crippen molar-refractivity contribution >= 4 is 40.6 Å². The van der Waals surface area contributed by atoms with Gasteiger partial charge in [-0.25, -0.2) is 5.01 Å². The number of nitrogens with zero attached hydrogens (tertiary/aromatic N) is 4. The van der Waals surface area contributed by atoms with E-state index in [4.69, 9.17) is 16.3 Å². The molecule has 3 aromatic carbocycles. The molecule has 0 fully saturated rings. The molecule has 1 aliphatic rings. The molecule has 3 aromatic rings. The number of amidine groups is 1. The van der Waals surface area contributed by atoms with Crippen molar-refractivity contribution in [2.45, 2.75) is 25.3 Å². The highest BCUT2D eigenvalue weighted by atomic mass is 35.5. The van der Waals surface area contributed by atoms with Crippen LogP contribution in [-0.2, 0) is 9.59 Å². The highest BCUT2D eigenvalue weighted by Crippen LogP contribution is 2.35. The van der Waals surface area contributed by atoms with E-state index in [0.717, 1.165) is 5.56 Å². The van der Waals surface area contributed by atoms with Crippen LogP contribution in [0.25, 0.3) is 0 Å². The number of hydrogen-bond acceptors (Lipinski definition) is 6. The van der Waals surface area contributed by atoms with Gasteiger partial charge in [0.2, 0.25) is 5.91 Å². The Balaban J connectivity index is 1.59. The van der Waals surface area contributed by atoms with Crippen molar-refractivity contribution in [1.82, 2.24) is 5.01 Å². The number of carbonyl (C=O) groups is 2.